The molecule has 1 aliphatic heterocycles. The Balaban J connectivity index is 1.48. The maximum Gasteiger partial charge on any atom is 0.294 e. The van der Waals surface area contributed by atoms with Crippen LogP contribution in [0.4, 0.5) is 10.5 Å². The minimum absolute atomic E-state index is 0.179. The predicted molar refractivity (Wildman–Crippen MR) is 158 cm³/mol. The number of ether oxygens (including phenoxy) is 2. The molecular formula is C29H24IN3O5S. The Kier molecular flexibility index (Phi) is 8.93. The van der Waals surface area contributed by atoms with E-state index in [0.717, 1.165) is 36.9 Å². The highest BCUT2D eigenvalue weighted by atomic mass is 127. The zero-order chi connectivity index (χ0) is 28.1. The molecule has 0 bridgehead atoms. The number of benzene rings is 3. The second-order valence-electron chi connectivity index (χ2n) is 8.73. The van der Waals surface area contributed by atoms with Gasteiger partial charge in [-0.3, -0.25) is 19.3 Å². The highest BCUT2D eigenvalue weighted by Crippen LogP contribution is 2.37. The van der Waals surface area contributed by atoms with E-state index in [0.29, 0.717) is 28.3 Å². The molecule has 1 fully saturated rings. The molecule has 8 nitrogen and oxygen atoms in total. The van der Waals surface area contributed by atoms with Gasteiger partial charge in [0.1, 0.15) is 13.2 Å². The number of carbonyl (C=O) groups is 3. The van der Waals surface area contributed by atoms with Crippen molar-refractivity contribution in [3.05, 3.63) is 90.9 Å². The van der Waals surface area contributed by atoms with Crippen LogP contribution in [0.1, 0.15) is 27.8 Å². The zero-order valence-electron chi connectivity index (χ0n) is 21.4. The molecular weight excluding hydrogens is 629 g/mol. The lowest BCUT2D eigenvalue weighted by atomic mass is 10.1. The second kappa shape index (κ2) is 12.4. The molecule has 1 saturated heterocycles. The van der Waals surface area contributed by atoms with Gasteiger partial charge in [-0.05, 0) is 89.7 Å². The Morgan fingerprint density at radius 3 is 2.64 bits per heavy atom. The molecule has 1 N–H and O–H groups in total. The molecule has 0 aromatic heterocycles. The topological polar surface area (TPSA) is 109 Å². The van der Waals surface area contributed by atoms with Gasteiger partial charge in [-0.1, -0.05) is 35.9 Å². The number of thioether (sulfide) groups is 1. The number of nitrogens with one attached hydrogen (secondary N) is 1. The Morgan fingerprint density at radius 1 is 1.15 bits per heavy atom. The highest BCUT2D eigenvalue weighted by molar-refractivity contribution is 14.1. The number of carbonyl (C=O) groups excluding carboxylic acids is 3. The summed E-state index contributed by atoms with van der Waals surface area (Å²) in [5.41, 5.74) is 4.50. The van der Waals surface area contributed by atoms with Gasteiger partial charge in [-0.15, -0.1) is 0 Å². The van der Waals surface area contributed by atoms with Gasteiger partial charge in [-0.25, -0.2) is 0 Å². The standard InChI is InChI=1S/C29H24IN3O5S/c1-17-8-9-23(18(2)10-17)32-26(34)15-33-28(35)25(39-29(33)36)13-19-11-22(30)27(24(12-19)37-3)38-16-21-7-5-4-6-20(21)14-31/h4-13H,15-16H2,1-3H3,(H,32,34)/b25-13+. The molecule has 10 heteroatoms. The Labute approximate surface area is 244 Å². The number of hydrogen-bond donors (Lipinski definition) is 1. The third-order valence-corrected chi connectivity index (χ3v) is 7.60. The summed E-state index contributed by atoms with van der Waals surface area (Å²) in [5.74, 6) is -0.0572. The lowest BCUT2D eigenvalue weighted by Crippen LogP contribution is -2.36. The smallest absolute Gasteiger partial charge is 0.294 e. The van der Waals surface area contributed by atoms with Crippen molar-refractivity contribution < 1.29 is 23.9 Å². The molecule has 0 radical (unpaired) electrons. The van der Waals surface area contributed by atoms with Crippen LogP contribution in [0.15, 0.2) is 59.5 Å². The van der Waals surface area contributed by atoms with Crippen molar-refractivity contribution in [2.45, 2.75) is 20.5 Å². The Hall–Kier alpha value is -3.82. The number of hydrogen-bond acceptors (Lipinski definition) is 7. The minimum atomic E-state index is -0.539. The first kappa shape index (κ1) is 28.2. The second-order valence-corrected chi connectivity index (χ2v) is 10.9. The van der Waals surface area contributed by atoms with E-state index in [2.05, 4.69) is 34.0 Å². The van der Waals surface area contributed by atoms with Gasteiger partial charge in [0.05, 0.1) is 27.2 Å². The van der Waals surface area contributed by atoms with Gasteiger partial charge >= 0.3 is 0 Å². The third kappa shape index (κ3) is 6.61. The zero-order valence-corrected chi connectivity index (χ0v) is 24.4. The molecule has 0 spiro atoms. The van der Waals surface area contributed by atoms with Crippen LogP contribution in [0.3, 0.4) is 0 Å². The Morgan fingerprint density at radius 2 is 1.92 bits per heavy atom. The summed E-state index contributed by atoms with van der Waals surface area (Å²) < 4.78 is 12.2. The van der Waals surface area contributed by atoms with E-state index >= 15 is 0 Å². The maximum atomic E-state index is 13.0. The van der Waals surface area contributed by atoms with Crippen molar-refractivity contribution in [1.82, 2.24) is 4.90 Å². The molecule has 0 unspecified atom stereocenters. The van der Waals surface area contributed by atoms with E-state index in [9.17, 15) is 19.6 Å². The van der Waals surface area contributed by atoms with Crippen molar-refractivity contribution in [3.63, 3.8) is 0 Å². The van der Waals surface area contributed by atoms with Crippen LogP contribution in [-0.2, 0) is 16.2 Å². The van der Waals surface area contributed by atoms with Crippen molar-refractivity contribution in [1.29, 1.82) is 5.26 Å². The fourth-order valence-corrected chi connectivity index (χ4v) is 5.56. The lowest BCUT2D eigenvalue weighted by molar-refractivity contribution is -0.127. The molecule has 0 saturated carbocycles. The van der Waals surface area contributed by atoms with Gasteiger partial charge in [0.25, 0.3) is 11.1 Å². The summed E-state index contributed by atoms with van der Waals surface area (Å²) in [7, 11) is 1.51. The average Bonchev–Trinajstić information content (AvgIpc) is 3.16. The van der Waals surface area contributed by atoms with Gasteiger partial charge in [-0.2, -0.15) is 5.26 Å². The number of anilines is 1. The monoisotopic (exact) mass is 653 g/mol. The summed E-state index contributed by atoms with van der Waals surface area (Å²) in [6, 6.07) is 18.4. The van der Waals surface area contributed by atoms with Gasteiger partial charge in [0.2, 0.25) is 5.91 Å². The third-order valence-electron chi connectivity index (χ3n) is 5.89. The number of halogens is 1. The number of rotatable bonds is 8. The predicted octanol–water partition coefficient (Wildman–Crippen LogP) is 6.04. The number of imide groups is 1. The molecule has 39 heavy (non-hydrogen) atoms. The molecule has 3 aromatic carbocycles. The quantitative estimate of drug-likeness (QED) is 0.233. The molecule has 1 heterocycles. The Bertz CT molecular complexity index is 1550. The number of methoxy groups -OCH3 is 1. The number of amides is 3. The van der Waals surface area contributed by atoms with E-state index in [-0.39, 0.29) is 18.1 Å². The largest absolute Gasteiger partial charge is 0.493 e. The fraction of sp³-hybridized carbons (Fsp3) is 0.172. The van der Waals surface area contributed by atoms with Gasteiger partial charge in [0.15, 0.2) is 11.5 Å². The van der Waals surface area contributed by atoms with Crippen LogP contribution >= 0.6 is 34.4 Å². The van der Waals surface area contributed by atoms with E-state index in [4.69, 9.17) is 9.47 Å². The van der Waals surface area contributed by atoms with Crippen molar-refractivity contribution in [2.75, 3.05) is 19.0 Å². The van der Waals surface area contributed by atoms with Crippen molar-refractivity contribution in [3.8, 4) is 17.6 Å². The summed E-state index contributed by atoms with van der Waals surface area (Å²) in [6.45, 7) is 3.63. The molecule has 1 aliphatic rings. The first-order valence-electron chi connectivity index (χ1n) is 11.8. The van der Waals surface area contributed by atoms with Crippen LogP contribution in [0.25, 0.3) is 6.08 Å². The molecule has 0 atom stereocenters. The summed E-state index contributed by atoms with van der Waals surface area (Å²) in [4.78, 5) is 39.3. The highest BCUT2D eigenvalue weighted by Gasteiger charge is 2.36. The van der Waals surface area contributed by atoms with E-state index in [1.807, 2.05) is 38.1 Å². The fourth-order valence-electron chi connectivity index (χ4n) is 3.94. The number of nitriles is 1. The molecule has 3 aromatic rings. The molecule has 198 valence electrons. The van der Waals surface area contributed by atoms with Crippen molar-refractivity contribution >= 4 is 63.2 Å². The summed E-state index contributed by atoms with van der Waals surface area (Å²) in [6.07, 6.45) is 1.59. The number of nitrogens with zero attached hydrogens (tertiary/aromatic N) is 2. The minimum Gasteiger partial charge on any atom is -0.493 e. The molecule has 4 rings (SSSR count). The normalized spacial score (nSPS) is 13.9. The summed E-state index contributed by atoms with van der Waals surface area (Å²) in [5, 5.41) is 11.6. The van der Waals surface area contributed by atoms with E-state index < -0.39 is 17.1 Å². The van der Waals surface area contributed by atoms with Crippen LogP contribution < -0.4 is 14.8 Å². The molecule has 0 aliphatic carbocycles. The lowest BCUT2D eigenvalue weighted by Gasteiger charge is -2.14. The van der Waals surface area contributed by atoms with Crippen molar-refractivity contribution in [2.24, 2.45) is 0 Å². The van der Waals surface area contributed by atoms with E-state index in [1.165, 1.54) is 7.11 Å². The first-order valence-corrected chi connectivity index (χ1v) is 13.7. The maximum absolute atomic E-state index is 13.0. The van der Waals surface area contributed by atoms with E-state index in [1.54, 1.807) is 36.4 Å². The van der Waals surface area contributed by atoms with Crippen LogP contribution in [0, 0.1) is 28.7 Å². The SMILES string of the molecule is COc1cc(/C=C2/SC(=O)N(CC(=O)Nc3ccc(C)cc3C)C2=O)cc(I)c1OCc1ccccc1C#N. The molecule has 3 amide bonds. The van der Waals surface area contributed by atoms with Gasteiger partial charge < -0.3 is 14.8 Å². The van der Waals surface area contributed by atoms with Crippen LogP contribution in [0.5, 0.6) is 11.5 Å². The van der Waals surface area contributed by atoms with Crippen LogP contribution in [0.2, 0.25) is 0 Å². The average molecular weight is 653 g/mol. The van der Waals surface area contributed by atoms with Gasteiger partial charge in [0, 0.05) is 11.3 Å². The number of aryl methyl sites for hydroxylation is 2. The first-order chi connectivity index (χ1) is 18.7. The van der Waals surface area contributed by atoms with Crippen LogP contribution in [-0.4, -0.2) is 35.6 Å². The summed E-state index contributed by atoms with van der Waals surface area (Å²) >= 11 is 2.88.